The van der Waals surface area contributed by atoms with Gasteiger partial charge in [-0.1, -0.05) is 22.8 Å². The molecule has 0 aliphatic rings. The van der Waals surface area contributed by atoms with Crippen molar-refractivity contribution in [2.24, 2.45) is 10.9 Å². The number of hydrogen-bond acceptors (Lipinski definition) is 4. The Kier molecular flexibility index (Phi) is 4.44. The minimum Gasteiger partial charge on any atom is -0.379 e. The van der Waals surface area contributed by atoms with Crippen LogP contribution in [-0.4, -0.2) is 16.8 Å². The Labute approximate surface area is 123 Å². The van der Waals surface area contributed by atoms with Gasteiger partial charge in [0.15, 0.2) is 17.5 Å². The van der Waals surface area contributed by atoms with E-state index in [2.05, 4.69) is 15.0 Å². The molecule has 5 nitrogen and oxygen atoms in total. The van der Waals surface area contributed by atoms with Crippen LogP contribution < -0.4 is 5.73 Å². The van der Waals surface area contributed by atoms with Crippen LogP contribution in [0.2, 0.25) is 5.02 Å². The molecule has 1 aromatic carbocycles. The van der Waals surface area contributed by atoms with E-state index < -0.39 is 23.2 Å². The van der Waals surface area contributed by atoms with Crippen molar-refractivity contribution < 1.29 is 18.4 Å². The number of amidine groups is 1. The lowest BCUT2D eigenvalue weighted by Crippen LogP contribution is -2.17. The fourth-order valence-corrected chi connectivity index (χ4v) is 1.63. The van der Waals surface area contributed by atoms with Gasteiger partial charge in [0.05, 0.1) is 5.02 Å². The van der Waals surface area contributed by atoms with Crippen molar-refractivity contribution in [3.05, 3.63) is 64.4 Å². The maximum absolute atomic E-state index is 13.5. The van der Waals surface area contributed by atoms with E-state index in [9.17, 15) is 13.6 Å². The van der Waals surface area contributed by atoms with Crippen molar-refractivity contribution in [3.8, 4) is 0 Å². The molecule has 2 N–H and O–H groups in total. The molecule has 21 heavy (non-hydrogen) atoms. The van der Waals surface area contributed by atoms with Crippen molar-refractivity contribution in [2.75, 3.05) is 0 Å². The summed E-state index contributed by atoms with van der Waals surface area (Å²) >= 11 is 5.63. The van der Waals surface area contributed by atoms with Crippen LogP contribution in [0.15, 0.2) is 41.7 Å². The number of hydrogen-bond donors (Lipinski definition) is 1. The number of carbonyl (C=O) groups is 1. The number of aromatic nitrogens is 1. The van der Waals surface area contributed by atoms with E-state index in [1.807, 2.05) is 0 Å². The molecule has 0 fully saturated rings. The van der Waals surface area contributed by atoms with E-state index in [4.69, 9.17) is 17.3 Å². The van der Waals surface area contributed by atoms with Gasteiger partial charge in [0.2, 0.25) is 0 Å². The Balaban J connectivity index is 2.22. The molecule has 0 aliphatic carbocycles. The van der Waals surface area contributed by atoms with Crippen LogP contribution in [0.25, 0.3) is 0 Å². The summed E-state index contributed by atoms with van der Waals surface area (Å²) < 4.78 is 26.6. The molecule has 0 atom stereocenters. The van der Waals surface area contributed by atoms with Crippen LogP contribution in [0.1, 0.15) is 16.1 Å². The van der Waals surface area contributed by atoms with Gasteiger partial charge in [-0.05, 0) is 24.3 Å². The van der Waals surface area contributed by atoms with Gasteiger partial charge in [-0.3, -0.25) is 4.98 Å². The molecule has 0 unspecified atom stereocenters. The highest BCUT2D eigenvalue weighted by Crippen LogP contribution is 2.22. The number of nitrogens with two attached hydrogens (primary N) is 1. The van der Waals surface area contributed by atoms with Crippen LogP contribution in [-0.2, 0) is 4.84 Å². The Morgan fingerprint density at radius 2 is 2.05 bits per heavy atom. The maximum Gasteiger partial charge on any atom is 0.370 e. The van der Waals surface area contributed by atoms with Gasteiger partial charge in [-0.15, -0.1) is 0 Å². The molecule has 0 spiro atoms. The molecule has 0 radical (unpaired) electrons. The summed E-state index contributed by atoms with van der Waals surface area (Å²) in [5.41, 5.74) is 5.04. The SMILES string of the molecule is N/C(=N\OC(=O)c1c(Cl)ccc(F)c1F)c1ccccn1. The number of benzene rings is 1. The monoisotopic (exact) mass is 311 g/mol. The predicted molar refractivity (Wildman–Crippen MR) is 71.7 cm³/mol. The summed E-state index contributed by atoms with van der Waals surface area (Å²) in [6.07, 6.45) is 1.46. The second-order valence-electron chi connectivity index (χ2n) is 3.79. The average Bonchev–Trinajstić information content (AvgIpc) is 2.50. The molecule has 8 heteroatoms. The Morgan fingerprint density at radius 1 is 1.29 bits per heavy atom. The van der Waals surface area contributed by atoms with Crippen LogP contribution in [0, 0.1) is 11.6 Å². The van der Waals surface area contributed by atoms with Crippen LogP contribution in [0.4, 0.5) is 8.78 Å². The van der Waals surface area contributed by atoms with E-state index in [1.54, 1.807) is 12.1 Å². The fraction of sp³-hybridized carbons (Fsp3) is 0. The number of oxime groups is 1. The Hall–Kier alpha value is -2.54. The predicted octanol–water partition coefficient (Wildman–Crippen LogP) is 2.49. The van der Waals surface area contributed by atoms with Gasteiger partial charge in [-0.25, -0.2) is 13.6 Å². The zero-order chi connectivity index (χ0) is 15.4. The quantitative estimate of drug-likeness (QED) is 0.310. The molecule has 2 aromatic rings. The first-order valence-corrected chi connectivity index (χ1v) is 5.98. The zero-order valence-corrected chi connectivity index (χ0v) is 11.1. The average molecular weight is 312 g/mol. The van der Waals surface area contributed by atoms with E-state index >= 15 is 0 Å². The highest BCUT2D eigenvalue weighted by atomic mass is 35.5. The van der Waals surface area contributed by atoms with E-state index in [1.165, 1.54) is 12.3 Å². The van der Waals surface area contributed by atoms with Gasteiger partial charge >= 0.3 is 5.97 Å². The minimum absolute atomic E-state index is 0.197. The first kappa shape index (κ1) is 14.9. The first-order valence-electron chi connectivity index (χ1n) is 5.60. The zero-order valence-electron chi connectivity index (χ0n) is 10.4. The second kappa shape index (κ2) is 6.27. The van der Waals surface area contributed by atoms with Crippen LogP contribution in [0.5, 0.6) is 0 Å². The third-order valence-electron chi connectivity index (χ3n) is 2.40. The van der Waals surface area contributed by atoms with Gasteiger partial charge in [0, 0.05) is 6.20 Å². The smallest absolute Gasteiger partial charge is 0.370 e. The van der Waals surface area contributed by atoms with Crippen LogP contribution in [0.3, 0.4) is 0 Å². The van der Waals surface area contributed by atoms with E-state index in [-0.39, 0.29) is 16.6 Å². The van der Waals surface area contributed by atoms with E-state index in [0.29, 0.717) is 0 Å². The normalized spacial score (nSPS) is 11.3. The number of pyridine rings is 1. The van der Waals surface area contributed by atoms with Gasteiger partial charge in [-0.2, -0.15) is 0 Å². The van der Waals surface area contributed by atoms with Gasteiger partial charge < -0.3 is 10.6 Å². The van der Waals surface area contributed by atoms with Crippen molar-refractivity contribution in [3.63, 3.8) is 0 Å². The molecular formula is C13H8ClF2N3O2. The highest BCUT2D eigenvalue weighted by Gasteiger charge is 2.21. The molecule has 0 bridgehead atoms. The summed E-state index contributed by atoms with van der Waals surface area (Å²) in [6, 6.07) is 6.66. The Bertz CT molecular complexity index is 708. The van der Waals surface area contributed by atoms with Crippen molar-refractivity contribution >= 4 is 23.4 Å². The molecule has 1 heterocycles. The summed E-state index contributed by atoms with van der Waals surface area (Å²) in [5, 5.41) is 3.02. The molecule has 0 saturated carbocycles. The maximum atomic E-state index is 13.5. The number of nitrogens with zero attached hydrogens (tertiary/aromatic N) is 2. The summed E-state index contributed by atoms with van der Waals surface area (Å²) in [7, 11) is 0. The number of carbonyl (C=O) groups excluding carboxylic acids is 1. The molecular weight excluding hydrogens is 304 g/mol. The molecule has 0 saturated heterocycles. The largest absolute Gasteiger partial charge is 0.379 e. The molecule has 2 rings (SSSR count). The lowest BCUT2D eigenvalue weighted by atomic mass is 10.2. The number of halogens is 3. The minimum atomic E-state index is -1.42. The highest BCUT2D eigenvalue weighted by molar-refractivity contribution is 6.33. The topological polar surface area (TPSA) is 77.6 Å². The summed E-state index contributed by atoms with van der Waals surface area (Å²) in [4.78, 5) is 20.0. The Morgan fingerprint density at radius 3 is 2.71 bits per heavy atom. The van der Waals surface area contributed by atoms with Crippen molar-refractivity contribution in [1.29, 1.82) is 0 Å². The molecule has 0 aliphatic heterocycles. The molecule has 108 valence electrons. The third kappa shape index (κ3) is 3.32. The lowest BCUT2D eigenvalue weighted by Gasteiger charge is -2.04. The first-order chi connectivity index (χ1) is 10.0. The second-order valence-corrected chi connectivity index (χ2v) is 4.20. The lowest BCUT2D eigenvalue weighted by molar-refractivity contribution is 0.0509. The summed E-state index contributed by atoms with van der Waals surface area (Å²) in [6.45, 7) is 0. The van der Waals surface area contributed by atoms with Crippen molar-refractivity contribution in [2.45, 2.75) is 0 Å². The van der Waals surface area contributed by atoms with Gasteiger partial charge in [0.25, 0.3) is 0 Å². The standard InChI is InChI=1S/C13H8ClF2N3O2/c14-7-4-5-8(15)11(16)10(7)13(20)21-19-12(17)9-3-1-2-6-18-9/h1-6H,(H2,17,19). The third-order valence-corrected chi connectivity index (χ3v) is 2.72. The number of rotatable bonds is 3. The van der Waals surface area contributed by atoms with Crippen molar-refractivity contribution in [1.82, 2.24) is 4.98 Å². The molecule has 0 amide bonds. The van der Waals surface area contributed by atoms with E-state index in [0.717, 1.165) is 12.1 Å². The van der Waals surface area contributed by atoms with Gasteiger partial charge in [0.1, 0.15) is 11.3 Å². The van der Waals surface area contributed by atoms with Crippen LogP contribution >= 0.6 is 11.6 Å². The fourth-order valence-electron chi connectivity index (χ4n) is 1.41. The molecule has 1 aromatic heterocycles. The summed E-state index contributed by atoms with van der Waals surface area (Å²) in [5.74, 6) is -4.11.